The second-order valence-corrected chi connectivity index (χ2v) is 7.73. The van der Waals surface area contributed by atoms with Gasteiger partial charge in [-0.3, -0.25) is 4.79 Å². The Kier molecular flexibility index (Phi) is 5.47. The SMILES string of the molecule is COCn1ncc(Nc2nccc(-c3cccc(-c4cc([C@]5(O)CCN(C)C5=O)on4)n3)n2)n1. The molecule has 5 rings (SSSR count). The second kappa shape index (κ2) is 8.61. The molecule has 1 amide bonds. The molecule has 1 saturated heterocycles. The molecule has 0 radical (unpaired) electrons. The number of aromatic nitrogens is 7. The number of hydrogen-bond acceptors (Lipinski definition) is 11. The molecule has 0 aliphatic carbocycles. The minimum Gasteiger partial charge on any atom is -0.373 e. The summed E-state index contributed by atoms with van der Waals surface area (Å²) in [6, 6.07) is 8.63. The van der Waals surface area contributed by atoms with Crippen LogP contribution in [0, 0.1) is 0 Å². The van der Waals surface area contributed by atoms with Crippen LogP contribution in [0.25, 0.3) is 22.8 Å². The molecular weight excluding hydrogens is 442 g/mol. The number of aliphatic hydroxyl groups is 1. The first kappa shape index (κ1) is 21.6. The monoisotopic (exact) mass is 463 g/mol. The number of methoxy groups -OCH3 is 1. The summed E-state index contributed by atoms with van der Waals surface area (Å²) in [5.74, 6) is 0.472. The van der Waals surface area contributed by atoms with Crippen molar-refractivity contribution in [2.24, 2.45) is 0 Å². The summed E-state index contributed by atoms with van der Waals surface area (Å²) in [6.07, 6.45) is 3.38. The molecule has 0 aromatic carbocycles. The van der Waals surface area contributed by atoms with Crippen molar-refractivity contribution in [1.29, 1.82) is 0 Å². The lowest BCUT2D eigenvalue weighted by Crippen LogP contribution is -2.35. The maximum atomic E-state index is 12.3. The molecule has 0 spiro atoms. The van der Waals surface area contributed by atoms with Gasteiger partial charge < -0.3 is 24.6 Å². The molecule has 4 aromatic rings. The average molecular weight is 463 g/mol. The van der Waals surface area contributed by atoms with Crippen LogP contribution in [0.15, 0.2) is 47.2 Å². The van der Waals surface area contributed by atoms with Crippen LogP contribution >= 0.6 is 0 Å². The van der Waals surface area contributed by atoms with E-state index in [-0.39, 0.29) is 18.9 Å². The topological polar surface area (TPSA) is 157 Å². The number of rotatable bonds is 7. The Morgan fingerprint density at radius 3 is 2.76 bits per heavy atom. The van der Waals surface area contributed by atoms with Gasteiger partial charge in [0.05, 0.1) is 23.3 Å². The fourth-order valence-corrected chi connectivity index (χ4v) is 3.60. The minimum absolute atomic E-state index is 0.0964. The molecule has 1 atom stereocenters. The van der Waals surface area contributed by atoms with E-state index in [9.17, 15) is 9.90 Å². The van der Waals surface area contributed by atoms with Gasteiger partial charge in [-0.15, -0.1) is 5.10 Å². The van der Waals surface area contributed by atoms with Crippen molar-refractivity contribution in [1.82, 2.24) is 40.0 Å². The number of anilines is 2. The third-order valence-corrected chi connectivity index (χ3v) is 5.38. The first-order valence-electron chi connectivity index (χ1n) is 10.4. The van der Waals surface area contributed by atoms with E-state index in [1.54, 1.807) is 50.7 Å². The molecule has 2 N–H and O–H groups in total. The second-order valence-electron chi connectivity index (χ2n) is 7.73. The van der Waals surface area contributed by atoms with Gasteiger partial charge in [-0.1, -0.05) is 11.2 Å². The van der Waals surface area contributed by atoms with E-state index in [0.717, 1.165) is 0 Å². The molecule has 1 aliphatic heterocycles. The molecule has 0 bridgehead atoms. The highest BCUT2D eigenvalue weighted by Crippen LogP contribution is 2.34. The maximum Gasteiger partial charge on any atom is 0.262 e. The van der Waals surface area contributed by atoms with E-state index in [0.29, 0.717) is 41.1 Å². The van der Waals surface area contributed by atoms with Crippen LogP contribution in [-0.2, 0) is 21.9 Å². The van der Waals surface area contributed by atoms with E-state index >= 15 is 0 Å². The lowest BCUT2D eigenvalue weighted by atomic mass is 9.98. The van der Waals surface area contributed by atoms with E-state index in [1.165, 1.54) is 15.9 Å². The number of nitrogens with one attached hydrogen (secondary N) is 1. The van der Waals surface area contributed by atoms with Crippen molar-refractivity contribution < 1.29 is 19.2 Å². The van der Waals surface area contributed by atoms with Gasteiger partial charge in [0.2, 0.25) is 11.5 Å². The van der Waals surface area contributed by atoms with Gasteiger partial charge in [0.15, 0.2) is 18.3 Å². The Balaban J connectivity index is 1.38. The molecule has 1 aliphatic rings. The van der Waals surface area contributed by atoms with Crippen LogP contribution in [0.1, 0.15) is 12.2 Å². The highest BCUT2D eigenvalue weighted by molar-refractivity contribution is 5.87. The number of pyridine rings is 1. The quantitative estimate of drug-likeness (QED) is 0.405. The van der Waals surface area contributed by atoms with Crippen LogP contribution in [-0.4, -0.2) is 71.7 Å². The van der Waals surface area contributed by atoms with E-state index in [4.69, 9.17) is 9.26 Å². The predicted octanol–water partition coefficient (Wildman–Crippen LogP) is 1.18. The number of nitrogens with zero attached hydrogens (tertiary/aromatic N) is 8. The lowest BCUT2D eigenvalue weighted by molar-refractivity contribution is -0.144. The van der Waals surface area contributed by atoms with Crippen LogP contribution in [0.3, 0.4) is 0 Å². The van der Waals surface area contributed by atoms with Crippen molar-refractivity contribution in [2.75, 3.05) is 26.0 Å². The standard InChI is InChI=1S/C21H21N9O4/c1-29-9-7-21(32,19(29)31)17-10-16(28-34-17)14-5-3-4-13(24-14)15-6-8-22-20(25-15)26-18-11-23-30(27-18)12-33-2/h3-6,8,10-11,32H,7,9,12H2,1-2H3,(H,22,25,26,27)/t21-/m1/s1. The number of ether oxygens (including phenoxy) is 1. The van der Waals surface area contributed by atoms with Crippen LogP contribution in [0.5, 0.6) is 0 Å². The Bertz CT molecular complexity index is 1340. The summed E-state index contributed by atoms with van der Waals surface area (Å²) in [4.78, 5) is 28.5. The van der Waals surface area contributed by atoms with Crippen LogP contribution in [0.4, 0.5) is 11.8 Å². The van der Waals surface area contributed by atoms with Gasteiger partial charge in [0.25, 0.3) is 5.91 Å². The zero-order valence-electron chi connectivity index (χ0n) is 18.4. The normalized spacial score (nSPS) is 18.0. The van der Waals surface area contributed by atoms with Crippen molar-refractivity contribution >= 4 is 17.7 Å². The molecule has 0 unspecified atom stereocenters. The summed E-state index contributed by atoms with van der Waals surface area (Å²) in [7, 11) is 3.19. The zero-order chi connectivity index (χ0) is 23.7. The number of likely N-dealkylation sites (tertiary alicyclic amines) is 1. The summed E-state index contributed by atoms with van der Waals surface area (Å²) in [5.41, 5.74) is 0.334. The van der Waals surface area contributed by atoms with Crippen molar-refractivity contribution in [3.63, 3.8) is 0 Å². The largest absolute Gasteiger partial charge is 0.373 e. The Hall–Kier alpha value is -4.23. The highest BCUT2D eigenvalue weighted by Gasteiger charge is 2.48. The number of carbonyl (C=O) groups excluding carboxylic acids is 1. The summed E-state index contributed by atoms with van der Waals surface area (Å²) in [6.45, 7) is 0.664. The molecule has 13 nitrogen and oxygen atoms in total. The molecule has 1 fully saturated rings. The molecule has 13 heteroatoms. The van der Waals surface area contributed by atoms with Crippen molar-refractivity contribution in [2.45, 2.75) is 18.8 Å². The van der Waals surface area contributed by atoms with E-state index in [1.807, 2.05) is 0 Å². The van der Waals surface area contributed by atoms with Crippen LogP contribution < -0.4 is 5.32 Å². The Labute approximate surface area is 193 Å². The zero-order valence-corrected chi connectivity index (χ0v) is 18.4. The van der Waals surface area contributed by atoms with Gasteiger partial charge in [-0.2, -0.15) is 9.90 Å². The molecule has 174 valence electrons. The third kappa shape index (κ3) is 3.97. The molecule has 34 heavy (non-hydrogen) atoms. The molecule has 5 heterocycles. The lowest BCUT2D eigenvalue weighted by Gasteiger charge is -2.16. The number of amides is 1. The predicted molar refractivity (Wildman–Crippen MR) is 117 cm³/mol. The summed E-state index contributed by atoms with van der Waals surface area (Å²) in [5, 5.41) is 26.1. The fraction of sp³-hybridized carbons (Fsp3) is 0.286. The van der Waals surface area contributed by atoms with Gasteiger partial charge in [0.1, 0.15) is 5.69 Å². The average Bonchev–Trinajstić information content (AvgIpc) is 3.58. The molecule has 0 saturated carbocycles. The smallest absolute Gasteiger partial charge is 0.262 e. The van der Waals surface area contributed by atoms with Crippen molar-refractivity contribution in [3.8, 4) is 22.8 Å². The fourth-order valence-electron chi connectivity index (χ4n) is 3.60. The van der Waals surface area contributed by atoms with Crippen LogP contribution in [0.2, 0.25) is 0 Å². The number of likely N-dealkylation sites (N-methyl/N-ethyl adjacent to an activating group) is 1. The van der Waals surface area contributed by atoms with Gasteiger partial charge in [0, 0.05) is 39.4 Å². The summed E-state index contributed by atoms with van der Waals surface area (Å²) >= 11 is 0. The Morgan fingerprint density at radius 1 is 1.21 bits per heavy atom. The number of carbonyl (C=O) groups is 1. The molecular formula is C21H21N9O4. The third-order valence-electron chi connectivity index (χ3n) is 5.38. The summed E-state index contributed by atoms with van der Waals surface area (Å²) < 4.78 is 10.3. The van der Waals surface area contributed by atoms with Crippen molar-refractivity contribution in [3.05, 3.63) is 48.5 Å². The number of hydrogen-bond donors (Lipinski definition) is 2. The van der Waals surface area contributed by atoms with Gasteiger partial charge >= 0.3 is 0 Å². The minimum atomic E-state index is -1.71. The highest BCUT2D eigenvalue weighted by atomic mass is 16.5. The van der Waals surface area contributed by atoms with Gasteiger partial charge in [-0.05, 0) is 18.2 Å². The molecule has 4 aromatic heterocycles. The Morgan fingerprint density at radius 2 is 2.00 bits per heavy atom. The maximum absolute atomic E-state index is 12.3. The van der Waals surface area contributed by atoms with E-state index < -0.39 is 11.5 Å². The van der Waals surface area contributed by atoms with Gasteiger partial charge in [-0.25, -0.2) is 15.0 Å². The van der Waals surface area contributed by atoms with E-state index in [2.05, 4.69) is 35.6 Å². The first-order valence-corrected chi connectivity index (χ1v) is 10.4. The first-order chi connectivity index (χ1) is 16.5.